The van der Waals surface area contributed by atoms with Gasteiger partial charge >= 0.3 is 6.18 Å². The number of imidazole rings is 1. The van der Waals surface area contributed by atoms with E-state index < -0.39 is 18.6 Å². The highest BCUT2D eigenvalue weighted by molar-refractivity contribution is 5.92. The molecule has 0 spiro atoms. The van der Waals surface area contributed by atoms with Crippen LogP contribution in [0.1, 0.15) is 11.3 Å². The molecule has 1 amide bonds. The average molecular weight is 337 g/mol. The standard InChI is InChI=1S/C15H14F3N5O/c1-9-2-3-11-12(6-9)20-14(19-11)21-13(24)7-10-4-5-23(22-10)8-15(16,17)18/h2-6H,7-8H2,1H3,(H2,19,20,21,24). The van der Waals surface area contributed by atoms with E-state index in [1.807, 2.05) is 25.1 Å². The van der Waals surface area contributed by atoms with Crippen molar-refractivity contribution in [1.82, 2.24) is 19.7 Å². The number of aryl methyl sites for hydroxylation is 1. The van der Waals surface area contributed by atoms with Crippen molar-refractivity contribution in [2.75, 3.05) is 5.32 Å². The summed E-state index contributed by atoms with van der Waals surface area (Å²) in [6, 6.07) is 7.02. The van der Waals surface area contributed by atoms with Gasteiger partial charge in [-0.2, -0.15) is 18.3 Å². The predicted octanol–water partition coefficient (Wildman–Crippen LogP) is 2.81. The first kappa shape index (κ1) is 16.0. The summed E-state index contributed by atoms with van der Waals surface area (Å²) in [7, 11) is 0. The Kier molecular flexibility index (Phi) is 4.00. The SMILES string of the molecule is Cc1ccc2nc(NC(=O)Cc3ccn(CC(F)(F)F)n3)[nH]c2c1. The van der Waals surface area contributed by atoms with Gasteiger partial charge in [0.2, 0.25) is 11.9 Å². The van der Waals surface area contributed by atoms with E-state index in [-0.39, 0.29) is 18.1 Å². The highest BCUT2D eigenvalue weighted by Gasteiger charge is 2.28. The summed E-state index contributed by atoms with van der Waals surface area (Å²) in [5, 5.41) is 6.32. The molecule has 2 aromatic heterocycles. The molecule has 0 bridgehead atoms. The van der Waals surface area contributed by atoms with E-state index in [4.69, 9.17) is 0 Å². The molecule has 2 N–H and O–H groups in total. The Morgan fingerprint density at radius 3 is 2.88 bits per heavy atom. The molecule has 2 heterocycles. The Morgan fingerprint density at radius 1 is 1.33 bits per heavy atom. The van der Waals surface area contributed by atoms with Crippen LogP contribution in [0.3, 0.4) is 0 Å². The predicted molar refractivity (Wildman–Crippen MR) is 81.4 cm³/mol. The molecular weight excluding hydrogens is 323 g/mol. The minimum atomic E-state index is -4.35. The lowest BCUT2D eigenvalue weighted by atomic mass is 10.2. The number of hydrogen-bond acceptors (Lipinski definition) is 3. The van der Waals surface area contributed by atoms with E-state index in [1.165, 1.54) is 12.3 Å². The van der Waals surface area contributed by atoms with Crippen molar-refractivity contribution in [3.05, 3.63) is 41.7 Å². The van der Waals surface area contributed by atoms with Crippen LogP contribution in [0.2, 0.25) is 0 Å². The van der Waals surface area contributed by atoms with Crippen molar-refractivity contribution in [1.29, 1.82) is 0 Å². The smallest absolute Gasteiger partial charge is 0.324 e. The maximum Gasteiger partial charge on any atom is 0.408 e. The first-order chi connectivity index (χ1) is 11.3. The lowest BCUT2D eigenvalue weighted by molar-refractivity contribution is -0.142. The Morgan fingerprint density at radius 2 is 2.12 bits per heavy atom. The molecule has 3 rings (SSSR count). The number of hydrogen-bond donors (Lipinski definition) is 2. The second-order valence-electron chi connectivity index (χ2n) is 5.45. The van der Waals surface area contributed by atoms with Crippen molar-refractivity contribution in [2.45, 2.75) is 26.1 Å². The molecular formula is C15H14F3N5O. The van der Waals surface area contributed by atoms with Gasteiger partial charge in [0.05, 0.1) is 23.1 Å². The number of amides is 1. The normalized spacial score (nSPS) is 11.8. The minimum Gasteiger partial charge on any atom is -0.324 e. The van der Waals surface area contributed by atoms with Crippen LogP contribution in [0.5, 0.6) is 0 Å². The molecule has 1 aromatic carbocycles. The summed E-state index contributed by atoms with van der Waals surface area (Å²) in [5.41, 5.74) is 2.81. The number of anilines is 1. The molecule has 0 unspecified atom stereocenters. The number of aromatic nitrogens is 4. The van der Waals surface area contributed by atoms with Gasteiger partial charge in [0.1, 0.15) is 6.54 Å². The van der Waals surface area contributed by atoms with Crippen LogP contribution in [-0.2, 0) is 17.8 Å². The molecule has 0 fully saturated rings. The van der Waals surface area contributed by atoms with Crippen LogP contribution in [0.15, 0.2) is 30.5 Å². The van der Waals surface area contributed by atoms with Crippen LogP contribution in [0.25, 0.3) is 11.0 Å². The summed E-state index contributed by atoms with van der Waals surface area (Å²) in [5.74, 6) is -0.127. The van der Waals surface area contributed by atoms with Crippen LogP contribution in [0.4, 0.5) is 19.1 Å². The number of fused-ring (bicyclic) bond motifs is 1. The van der Waals surface area contributed by atoms with Gasteiger partial charge in [-0.3, -0.25) is 14.8 Å². The highest BCUT2D eigenvalue weighted by atomic mass is 19.4. The van der Waals surface area contributed by atoms with Crippen LogP contribution >= 0.6 is 0 Å². The lowest BCUT2D eigenvalue weighted by Gasteiger charge is -2.05. The second kappa shape index (κ2) is 5.99. The van der Waals surface area contributed by atoms with Crippen molar-refractivity contribution in [3.8, 4) is 0 Å². The second-order valence-corrected chi connectivity index (χ2v) is 5.45. The van der Waals surface area contributed by atoms with E-state index in [0.717, 1.165) is 15.8 Å². The van der Waals surface area contributed by atoms with Crippen LogP contribution in [-0.4, -0.2) is 31.8 Å². The number of aromatic amines is 1. The number of carbonyl (C=O) groups is 1. The number of rotatable bonds is 4. The van der Waals surface area contributed by atoms with Crippen molar-refractivity contribution in [2.24, 2.45) is 0 Å². The quantitative estimate of drug-likeness (QED) is 0.769. The van der Waals surface area contributed by atoms with Gasteiger partial charge in [0.15, 0.2) is 0 Å². The largest absolute Gasteiger partial charge is 0.408 e. The zero-order chi connectivity index (χ0) is 17.3. The molecule has 0 aliphatic carbocycles. The van der Waals surface area contributed by atoms with Gasteiger partial charge in [0.25, 0.3) is 0 Å². The van der Waals surface area contributed by atoms with Crippen LogP contribution < -0.4 is 5.32 Å². The third-order valence-electron chi connectivity index (χ3n) is 3.27. The number of alkyl halides is 3. The minimum absolute atomic E-state index is 0.138. The van der Waals surface area contributed by atoms with E-state index in [9.17, 15) is 18.0 Å². The number of nitrogens with one attached hydrogen (secondary N) is 2. The van der Waals surface area contributed by atoms with E-state index in [2.05, 4.69) is 20.4 Å². The van der Waals surface area contributed by atoms with Crippen LogP contribution in [0, 0.1) is 6.92 Å². The molecule has 0 aliphatic rings. The van der Waals surface area contributed by atoms with Crippen molar-refractivity contribution < 1.29 is 18.0 Å². The summed E-state index contributed by atoms with van der Waals surface area (Å²) in [6.45, 7) is 0.757. The fraction of sp³-hybridized carbons (Fsp3) is 0.267. The monoisotopic (exact) mass is 337 g/mol. The van der Waals surface area contributed by atoms with E-state index in [1.54, 1.807) is 0 Å². The number of carbonyl (C=O) groups excluding carboxylic acids is 1. The Labute approximate surface area is 134 Å². The molecule has 24 heavy (non-hydrogen) atoms. The topological polar surface area (TPSA) is 75.6 Å². The van der Waals surface area contributed by atoms with Gasteiger partial charge in [-0.15, -0.1) is 0 Å². The lowest BCUT2D eigenvalue weighted by Crippen LogP contribution is -2.19. The first-order valence-corrected chi connectivity index (χ1v) is 7.14. The Bertz CT molecular complexity index is 881. The maximum absolute atomic E-state index is 12.3. The van der Waals surface area contributed by atoms with E-state index in [0.29, 0.717) is 5.52 Å². The molecule has 0 radical (unpaired) electrons. The third kappa shape index (κ3) is 3.92. The van der Waals surface area contributed by atoms with Gasteiger partial charge in [-0.05, 0) is 30.7 Å². The summed E-state index contributed by atoms with van der Waals surface area (Å²) >= 11 is 0. The average Bonchev–Trinajstić information content (AvgIpc) is 3.02. The summed E-state index contributed by atoms with van der Waals surface area (Å²) in [4.78, 5) is 19.2. The molecule has 3 aromatic rings. The number of nitrogens with zero attached hydrogens (tertiary/aromatic N) is 3. The molecule has 0 atom stereocenters. The molecule has 6 nitrogen and oxygen atoms in total. The summed E-state index contributed by atoms with van der Waals surface area (Å²) in [6.07, 6.45) is -3.29. The van der Waals surface area contributed by atoms with Gasteiger partial charge in [0, 0.05) is 6.20 Å². The van der Waals surface area contributed by atoms with Gasteiger partial charge in [-0.1, -0.05) is 6.07 Å². The fourth-order valence-corrected chi connectivity index (χ4v) is 2.29. The Hall–Kier alpha value is -2.84. The van der Waals surface area contributed by atoms with E-state index >= 15 is 0 Å². The number of halogens is 3. The van der Waals surface area contributed by atoms with Gasteiger partial charge in [-0.25, -0.2) is 4.98 Å². The zero-order valence-corrected chi connectivity index (χ0v) is 12.7. The van der Waals surface area contributed by atoms with Crippen molar-refractivity contribution >= 4 is 22.9 Å². The molecule has 126 valence electrons. The Balaban J connectivity index is 1.64. The summed E-state index contributed by atoms with van der Waals surface area (Å²) < 4.78 is 37.6. The molecule has 0 aliphatic heterocycles. The van der Waals surface area contributed by atoms with Gasteiger partial charge < -0.3 is 4.98 Å². The molecule has 0 saturated carbocycles. The molecule has 9 heteroatoms. The number of benzene rings is 1. The fourth-order valence-electron chi connectivity index (χ4n) is 2.29. The molecule has 0 saturated heterocycles. The number of H-pyrrole nitrogens is 1. The first-order valence-electron chi connectivity index (χ1n) is 7.14. The van der Waals surface area contributed by atoms with Crippen molar-refractivity contribution in [3.63, 3.8) is 0 Å². The zero-order valence-electron chi connectivity index (χ0n) is 12.7. The third-order valence-corrected chi connectivity index (χ3v) is 3.27. The maximum atomic E-state index is 12.3. The highest BCUT2D eigenvalue weighted by Crippen LogP contribution is 2.17.